The van der Waals surface area contributed by atoms with Gasteiger partial charge in [0.2, 0.25) is 0 Å². The van der Waals surface area contributed by atoms with E-state index in [1.807, 2.05) is 20.8 Å². The van der Waals surface area contributed by atoms with Crippen molar-refractivity contribution >= 4 is 50.1 Å². The van der Waals surface area contributed by atoms with Crippen LogP contribution in [0.15, 0.2) is 41.1 Å². The first-order valence-corrected chi connectivity index (χ1v) is 12.6. The normalized spacial score (nSPS) is 14.5. The Balaban J connectivity index is 1.48. The Bertz CT molecular complexity index is 1320. The van der Waals surface area contributed by atoms with Gasteiger partial charge in [-0.25, -0.2) is 19.2 Å². The van der Waals surface area contributed by atoms with Crippen LogP contribution in [0.3, 0.4) is 0 Å². The highest BCUT2D eigenvalue weighted by atomic mass is 79.9. The molecule has 1 N–H and O–H groups in total. The third kappa shape index (κ3) is 6.62. The van der Waals surface area contributed by atoms with E-state index in [0.29, 0.717) is 41.3 Å². The van der Waals surface area contributed by atoms with E-state index in [0.717, 1.165) is 0 Å². The summed E-state index contributed by atoms with van der Waals surface area (Å²) in [6.07, 6.45) is 2.33. The molecule has 2 heterocycles. The number of nitrogens with one attached hydrogen (secondary N) is 1. The molecule has 2 aromatic carbocycles. The lowest BCUT2D eigenvalue weighted by Crippen LogP contribution is -2.42. The fourth-order valence-electron chi connectivity index (χ4n) is 3.97. The predicted molar refractivity (Wildman–Crippen MR) is 140 cm³/mol. The zero-order valence-corrected chi connectivity index (χ0v) is 22.2. The quantitative estimate of drug-likeness (QED) is 0.272. The van der Waals surface area contributed by atoms with Crippen molar-refractivity contribution in [2.75, 3.05) is 25.0 Å². The van der Waals surface area contributed by atoms with Gasteiger partial charge in [-0.2, -0.15) is 0 Å². The molecule has 12 heteroatoms. The van der Waals surface area contributed by atoms with Crippen molar-refractivity contribution < 1.29 is 23.6 Å². The van der Waals surface area contributed by atoms with Crippen molar-refractivity contribution in [1.29, 1.82) is 0 Å². The molecule has 0 bridgehead atoms. The zero-order chi connectivity index (χ0) is 26.7. The van der Waals surface area contributed by atoms with Crippen LogP contribution in [0, 0.1) is 21.8 Å². The van der Waals surface area contributed by atoms with Gasteiger partial charge in [0.05, 0.1) is 28.1 Å². The molecule has 1 saturated heterocycles. The summed E-state index contributed by atoms with van der Waals surface area (Å²) in [6.45, 7) is 6.78. The molecule has 1 aliphatic rings. The van der Waals surface area contributed by atoms with Gasteiger partial charge in [-0.15, -0.1) is 0 Å². The van der Waals surface area contributed by atoms with E-state index in [1.54, 1.807) is 11.0 Å². The van der Waals surface area contributed by atoms with Gasteiger partial charge in [-0.05, 0) is 57.7 Å². The van der Waals surface area contributed by atoms with Gasteiger partial charge in [0.1, 0.15) is 23.6 Å². The van der Waals surface area contributed by atoms with Gasteiger partial charge in [-0.1, -0.05) is 15.9 Å². The van der Waals surface area contributed by atoms with Crippen LogP contribution in [0.2, 0.25) is 0 Å². The third-order valence-corrected chi connectivity index (χ3v) is 6.33. The van der Waals surface area contributed by atoms with Crippen LogP contribution in [-0.4, -0.2) is 51.2 Å². The smallest absolute Gasteiger partial charge is 0.410 e. The van der Waals surface area contributed by atoms with Crippen molar-refractivity contribution in [2.24, 2.45) is 5.92 Å². The van der Waals surface area contributed by atoms with Gasteiger partial charge in [0.15, 0.2) is 5.75 Å². The minimum atomic E-state index is -0.558. The van der Waals surface area contributed by atoms with E-state index in [2.05, 4.69) is 31.2 Å². The maximum atomic E-state index is 14.3. The highest BCUT2D eigenvalue weighted by molar-refractivity contribution is 9.10. The number of ether oxygens (including phenoxy) is 2. The molecule has 0 aliphatic carbocycles. The molecule has 1 aliphatic heterocycles. The van der Waals surface area contributed by atoms with Gasteiger partial charge in [-0.3, -0.25) is 10.1 Å². The molecular weight excluding hydrogens is 549 g/mol. The highest BCUT2D eigenvalue weighted by Crippen LogP contribution is 2.35. The van der Waals surface area contributed by atoms with Crippen LogP contribution in [0.5, 0.6) is 5.75 Å². The molecule has 0 atom stereocenters. The number of aromatic nitrogens is 2. The second-order valence-electron chi connectivity index (χ2n) is 9.79. The van der Waals surface area contributed by atoms with Gasteiger partial charge in [0.25, 0.3) is 0 Å². The largest absolute Gasteiger partial charge is 0.486 e. The fourth-order valence-corrected chi connectivity index (χ4v) is 4.30. The van der Waals surface area contributed by atoms with Gasteiger partial charge in [0, 0.05) is 29.7 Å². The van der Waals surface area contributed by atoms with E-state index >= 15 is 0 Å². The third-order valence-electron chi connectivity index (χ3n) is 5.84. The van der Waals surface area contributed by atoms with E-state index in [-0.39, 0.29) is 41.6 Å². The molecule has 0 unspecified atom stereocenters. The molecule has 1 aromatic heterocycles. The molecular formula is C25H27BrFN5O5. The van der Waals surface area contributed by atoms with E-state index in [1.165, 1.54) is 30.6 Å². The number of hydrogen-bond donors (Lipinski definition) is 1. The number of nitro groups is 1. The number of hydrogen-bond acceptors (Lipinski definition) is 8. The van der Waals surface area contributed by atoms with Crippen LogP contribution in [0.25, 0.3) is 10.9 Å². The van der Waals surface area contributed by atoms with Crippen LogP contribution in [0.1, 0.15) is 33.6 Å². The number of rotatable bonds is 6. The lowest BCUT2D eigenvalue weighted by molar-refractivity contribution is -0.385. The number of nitro benzene ring substituents is 1. The molecule has 10 nitrogen and oxygen atoms in total. The SMILES string of the molecule is CC(C)(C)OC(=O)N1CCC(COc2cc3ncnc(Nc4ccc(Br)cc4F)c3cc2[N+](=O)[O-])CC1. The van der Waals surface area contributed by atoms with Crippen molar-refractivity contribution in [3.8, 4) is 5.75 Å². The maximum Gasteiger partial charge on any atom is 0.410 e. The Morgan fingerprint density at radius 1 is 1.24 bits per heavy atom. The van der Waals surface area contributed by atoms with E-state index in [9.17, 15) is 19.3 Å². The minimum Gasteiger partial charge on any atom is -0.486 e. The monoisotopic (exact) mass is 575 g/mol. The Labute approximate surface area is 221 Å². The number of anilines is 2. The van der Waals surface area contributed by atoms with Gasteiger partial charge < -0.3 is 19.7 Å². The van der Waals surface area contributed by atoms with Crippen molar-refractivity contribution in [3.63, 3.8) is 0 Å². The van der Waals surface area contributed by atoms with Crippen LogP contribution in [-0.2, 0) is 4.74 Å². The summed E-state index contributed by atoms with van der Waals surface area (Å²) in [5, 5.41) is 15.1. The topological polar surface area (TPSA) is 120 Å². The Morgan fingerprint density at radius 2 is 1.97 bits per heavy atom. The molecule has 4 rings (SSSR count). The molecule has 0 spiro atoms. The first-order chi connectivity index (χ1) is 17.5. The van der Waals surface area contributed by atoms with Crippen LogP contribution >= 0.6 is 15.9 Å². The van der Waals surface area contributed by atoms with Crippen LogP contribution < -0.4 is 10.1 Å². The van der Waals surface area contributed by atoms with Crippen molar-refractivity contribution in [2.45, 2.75) is 39.2 Å². The predicted octanol–water partition coefficient (Wildman–Crippen LogP) is 6.21. The lowest BCUT2D eigenvalue weighted by Gasteiger charge is -2.33. The second kappa shape index (κ2) is 10.8. The number of carbonyl (C=O) groups excluding carboxylic acids is 1. The van der Waals surface area contributed by atoms with Crippen LogP contribution in [0.4, 0.5) is 26.4 Å². The van der Waals surface area contributed by atoms with Gasteiger partial charge >= 0.3 is 11.8 Å². The molecule has 1 fully saturated rings. The molecule has 196 valence electrons. The fraction of sp³-hybridized carbons (Fsp3) is 0.400. The lowest BCUT2D eigenvalue weighted by atomic mass is 9.98. The summed E-state index contributed by atoms with van der Waals surface area (Å²) in [5.41, 5.74) is -0.218. The second-order valence-corrected chi connectivity index (χ2v) is 10.7. The Morgan fingerprint density at radius 3 is 2.62 bits per heavy atom. The standard InChI is InChI=1S/C25H27BrFN5O5/c1-25(2,3)37-24(33)31-8-6-15(7-9-31)13-36-22-12-20-17(11-21(22)32(34)35)23(29-14-28-20)30-19-5-4-16(26)10-18(19)27/h4-5,10-12,14-15H,6-9,13H2,1-3H3,(H,28,29,30). The molecule has 3 aromatic rings. The molecule has 0 radical (unpaired) electrons. The number of amides is 1. The minimum absolute atomic E-state index is 0.0894. The Hall–Kier alpha value is -3.54. The maximum absolute atomic E-state index is 14.3. The number of nitrogens with zero attached hydrogens (tertiary/aromatic N) is 4. The average molecular weight is 576 g/mol. The number of benzene rings is 2. The average Bonchev–Trinajstić information content (AvgIpc) is 2.83. The summed E-state index contributed by atoms with van der Waals surface area (Å²) >= 11 is 3.21. The summed E-state index contributed by atoms with van der Waals surface area (Å²) in [5.74, 6) is -0.0627. The number of likely N-dealkylation sites (tertiary alicyclic amines) is 1. The number of fused-ring (bicyclic) bond motifs is 1. The van der Waals surface area contributed by atoms with E-state index < -0.39 is 16.3 Å². The first-order valence-electron chi connectivity index (χ1n) is 11.8. The summed E-state index contributed by atoms with van der Waals surface area (Å²) in [4.78, 5) is 33.6. The first kappa shape index (κ1) is 26.5. The summed E-state index contributed by atoms with van der Waals surface area (Å²) in [6, 6.07) is 7.33. The number of piperidine rings is 1. The van der Waals surface area contributed by atoms with Crippen molar-refractivity contribution in [1.82, 2.24) is 14.9 Å². The molecule has 0 saturated carbocycles. The number of carbonyl (C=O) groups is 1. The highest BCUT2D eigenvalue weighted by Gasteiger charge is 2.28. The summed E-state index contributed by atoms with van der Waals surface area (Å²) < 4.78 is 26.2. The van der Waals surface area contributed by atoms with Crippen molar-refractivity contribution in [3.05, 3.63) is 57.1 Å². The zero-order valence-electron chi connectivity index (χ0n) is 20.7. The Kier molecular flexibility index (Phi) is 7.76. The number of halogens is 2. The molecule has 1 amide bonds. The molecule has 37 heavy (non-hydrogen) atoms. The summed E-state index contributed by atoms with van der Waals surface area (Å²) in [7, 11) is 0. The van der Waals surface area contributed by atoms with E-state index in [4.69, 9.17) is 9.47 Å².